The lowest BCUT2D eigenvalue weighted by Gasteiger charge is -2.37. The summed E-state index contributed by atoms with van der Waals surface area (Å²) in [6.07, 6.45) is 1.71. The summed E-state index contributed by atoms with van der Waals surface area (Å²) in [6.45, 7) is 6.18. The molecule has 0 bridgehead atoms. The molecule has 1 N–H and O–H groups in total. The van der Waals surface area contributed by atoms with E-state index in [1.807, 2.05) is 62.4 Å². The first kappa shape index (κ1) is 17.3. The second kappa shape index (κ2) is 7.18. The molecule has 1 aliphatic heterocycles. The molecule has 3 rings (SSSR count). The second-order valence-corrected chi connectivity index (χ2v) is 7.01. The number of amides is 1. The molecule has 4 nitrogen and oxygen atoms in total. The standard InChI is InChI=1S/C21H25NO3/c1-4-15-9-11-16(12-10-15)24-14-20(23)22-18-13-21(2,3)25-19-8-6-5-7-17(18)19/h5-12,18H,4,13-14H2,1-3H3,(H,22,23)/t18-/m1/s1. The molecule has 0 saturated heterocycles. The number of aryl methyl sites for hydroxylation is 1. The maximum Gasteiger partial charge on any atom is 0.258 e. The minimum Gasteiger partial charge on any atom is -0.487 e. The van der Waals surface area contributed by atoms with E-state index in [2.05, 4.69) is 12.2 Å². The van der Waals surface area contributed by atoms with Crippen LogP contribution in [-0.2, 0) is 11.2 Å². The lowest BCUT2D eigenvalue weighted by Crippen LogP contribution is -2.42. The summed E-state index contributed by atoms with van der Waals surface area (Å²) < 4.78 is 11.6. The number of hydrogen-bond acceptors (Lipinski definition) is 3. The monoisotopic (exact) mass is 339 g/mol. The molecule has 1 aliphatic rings. The predicted molar refractivity (Wildman–Crippen MR) is 98.0 cm³/mol. The molecule has 0 spiro atoms. The Morgan fingerprint density at radius 3 is 2.64 bits per heavy atom. The van der Waals surface area contributed by atoms with Crippen molar-refractivity contribution in [1.82, 2.24) is 5.32 Å². The number of fused-ring (bicyclic) bond motifs is 1. The highest BCUT2D eigenvalue weighted by molar-refractivity contribution is 5.78. The SMILES string of the molecule is CCc1ccc(OCC(=O)N[C@@H]2CC(C)(C)Oc3ccccc32)cc1. The molecule has 0 aliphatic carbocycles. The van der Waals surface area contributed by atoms with Gasteiger partial charge in [-0.25, -0.2) is 0 Å². The fourth-order valence-electron chi connectivity index (χ4n) is 3.14. The van der Waals surface area contributed by atoms with Gasteiger partial charge in [0.25, 0.3) is 5.91 Å². The lowest BCUT2D eigenvalue weighted by atomic mass is 9.90. The fourth-order valence-corrected chi connectivity index (χ4v) is 3.14. The topological polar surface area (TPSA) is 47.6 Å². The van der Waals surface area contributed by atoms with Crippen molar-refractivity contribution >= 4 is 5.91 Å². The summed E-state index contributed by atoms with van der Waals surface area (Å²) in [5.74, 6) is 1.41. The van der Waals surface area contributed by atoms with E-state index in [4.69, 9.17) is 9.47 Å². The molecular weight excluding hydrogens is 314 g/mol. The molecule has 4 heteroatoms. The molecule has 0 aromatic heterocycles. The molecule has 0 fully saturated rings. The second-order valence-electron chi connectivity index (χ2n) is 7.01. The number of carbonyl (C=O) groups excluding carboxylic acids is 1. The van der Waals surface area contributed by atoms with Crippen molar-refractivity contribution in [2.75, 3.05) is 6.61 Å². The highest BCUT2D eigenvalue weighted by Crippen LogP contribution is 2.39. The third-order valence-electron chi connectivity index (χ3n) is 4.41. The van der Waals surface area contributed by atoms with Crippen LogP contribution >= 0.6 is 0 Å². The van der Waals surface area contributed by atoms with Gasteiger partial charge in [-0.05, 0) is 44.0 Å². The number of hydrogen-bond donors (Lipinski definition) is 1. The number of para-hydroxylation sites is 1. The molecule has 2 aromatic rings. The molecule has 2 aromatic carbocycles. The normalized spacial score (nSPS) is 18.0. The average Bonchev–Trinajstić information content (AvgIpc) is 2.59. The molecule has 132 valence electrons. The van der Waals surface area contributed by atoms with Crippen LogP contribution in [0.15, 0.2) is 48.5 Å². The quantitative estimate of drug-likeness (QED) is 0.894. The number of benzene rings is 2. The highest BCUT2D eigenvalue weighted by atomic mass is 16.5. The Kier molecular flexibility index (Phi) is 4.98. The van der Waals surface area contributed by atoms with E-state index in [9.17, 15) is 4.79 Å². The molecule has 0 saturated carbocycles. The molecule has 0 radical (unpaired) electrons. The van der Waals surface area contributed by atoms with Crippen LogP contribution in [-0.4, -0.2) is 18.1 Å². The van der Waals surface area contributed by atoms with Crippen LogP contribution in [0.1, 0.15) is 44.4 Å². The van der Waals surface area contributed by atoms with Crippen LogP contribution in [0.4, 0.5) is 0 Å². The summed E-state index contributed by atoms with van der Waals surface area (Å²) in [4.78, 5) is 12.4. The minimum absolute atomic E-state index is 0.00538. The molecule has 1 heterocycles. The average molecular weight is 339 g/mol. The van der Waals surface area contributed by atoms with Crippen molar-refractivity contribution in [2.24, 2.45) is 0 Å². The lowest BCUT2D eigenvalue weighted by molar-refractivity contribution is -0.124. The Balaban J connectivity index is 1.62. The summed E-state index contributed by atoms with van der Waals surface area (Å²) in [7, 11) is 0. The van der Waals surface area contributed by atoms with Gasteiger partial charge >= 0.3 is 0 Å². The summed E-state index contributed by atoms with van der Waals surface area (Å²) in [5, 5.41) is 3.08. The molecule has 1 atom stereocenters. The Morgan fingerprint density at radius 2 is 1.92 bits per heavy atom. The largest absolute Gasteiger partial charge is 0.487 e. The maximum absolute atomic E-state index is 12.4. The zero-order valence-electron chi connectivity index (χ0n) is 15.0. The first-order valence-electron chi connectivity index (χ1n) is 8.76. The number of rotatable bonds is 5. The highest BCUT2D eigenvalue weighted by Gasteiger charge is 2.34. The Morgan fingerprint density at radius 1 is 1.20 bits per heavy atom. The van der Waals surface area contributed by atoms with Crippen molar-refractivity contribution in [3.8, 4) is 11.5 Å². The van der Waals surface area contributed by atoms with Gasteiger partial charge in [-0.2, -0.15) is 0 Å². The first-order valence-corrected chi connectivity index (χ1v) is 8.76. The van der Waals surface area contributed by atoms with Gasteiger partial charge in [0.15, 0.2) is 6.61 Å². The Hall–Kier alpha value is -2.49. The van der Waals surface area contributed by atoms with Crippen molar-refractivity contribution in [3.05, 3.63) is 59.7 Å². The Bertz CT molecular complexity index is 737. The number of nitrogens with one attached hydrogen (secondary N) is 1. The van der Waals surface area contributed by atoms with Crippen LogP contribution in [0.25, 0.3) is 0 Å². The first-order chi connectivity index (χ1) is 12.0. The molecule has 25 heavy (non-hydrogen) atoms. The van der Waals surface area contributed by atoms with Gasteiger partial charge < -0.3 is 14.8 Å². The van der Waals surface area contributed by atoms with Crippen LogP contribution in [0.2, 0.25) is 0 Å². The van der Waals surface area contributed by atoms with Crippen LogP contribution < -0.4 is 14.8 Å². The molecular formula is C21H25NO3. The van der Waals surface area contributed by atoms with Crippen LogP contribution in [0.5, 0.6) is 11.5 Å². The van der Waals surface area contributed by atoms with Crippen LogP contribution in [0, 0.1) is 0 Å². The zero-order chi connectivity index (χ0) is 17.9. The molecule has 0 unspecified atom stereocenters. The van der Waals surface area contributed by atoms with E-state index in [0.717, 1.165) is 24.2 Å². The van der Waals surface area contributed by atoms with Gasteiger partial charge in [-0.1, -0.05) is 37.3 Å². The Labute approximate surface area is 149 Å². The third kappa shape index (κ3) is 4.32. The van der Waals surface area contributed by atoms with Crippen molar-refractivity contribution in [1.29, 1.82) is 0 Å². The fraction of sp³-hybridized carbons (Fsp3) is 0.381. The van der Waals surface area contributed by atoms with Crippen molar-refractivity contribution in [3.63, 3.8) is 0 Å². The van der Waals surface area contributed by atoms with Crippen LogP contribution in [0.3, 0.4) is 0 Å². The minimum atomic E-state index is -0.316. The van der Waals surface area contributed by atoms with Gasteiger partial charge in [0, 0.05) is 12.0 Å². The van der Waals surface area contributed by atoms with Gasteiger partial charge in [0.05, 0.1) is 6.04 Å². The van der Waals surface area contributed by atoms with Gasteiger partial charge in [-0.15, -0.1) is 0 Å². The summed E-state index contributed by atoms with van der Waals surface area (Å²) in [6, 6.07) is 15.6. The van der Waals surface area contributed by atoms with E-state index >= 15 is 0 Å². The smallest absolute Gasteiger partial charge is 0.258 e. The zero-order valence-corrected chi connectivity index (χ0v) is 15.0. The van der Waals surface area contributed by atoms with E-state index in [1.54, 1.807) is 0 Å². The summed E-state index contributed by atoms with van der Waals surface area (Å²) >= 11 is 0. The molecule has 1 amide bonds. The van der Waals surface area contributed by atoms with Gasteiger partial charge in [-0.3, -0.25) is 4.79 Å². The van der Waals surface area contributed by atoms with Crippen molar-refractivity contribution in [2.45, 2.75) is 45.3 Å². The van der Waals surface area contributed by atoms with Crippen molar-refractivity contribution < 1.29 is 14.3 Å². The number of ether oxygens (including phenoxy) is 2. The maximum atomic E-state index is 12.4. The van der Waals surface area contributed by atoms with E-state index < -0.39 is 0 Å². The van der Waals surface area contributed by atoms with E-state index in [-0.39, 0.29) is 24.2 Å². The third-order valence-corrected chi connectivity index (χ3v) is 4.41. The predicted octanol–water partition coefficient (Wildman–Crippen LogP) is 4.05. The summed E-state index contributed by atoms with van der Waals surface area (Å²) in [5.41, 5.74) is 1.95. The number of carbonyl (C=O) groups is 1. The van der Waals surface area contributed by atoms with Gasteiger partial charge in [0.1, 0.15) is 17.1 Å². The van der Waals surface area contributed by atoms with Gasteiger partial charge in [0.2, 0.25) is 0 Å². The van der Waals surface area contributed by atoms with E-state index in [0.29, 0.717) is 5.75 Å². The van der Waals surface area contributed by atoms with E-state index in [1.165, 1.54) is 5.56 Å².